The molecule has 9 nitrogen and oxygen atoms in total. The van der Waals surface area contributed by atoms with Crippen molar-refractivity contribution in [2.45, 2.75) is 61.8 Å². The topological polar surface area (TPSA) is 114 Å². The van der Waals surface area contributed by atoms with Crippen molar-refractivity contribution in [1.29, 1.82) is 0 Å². The number of aromatic nitrogens is 1. The van der Waals surface area contributed by atoms with Gasteiger partial charge in [-0.2, -0.15) is 13.2 Å². The fourth-order valence-electron chi connectivity index (χ4n) is 6.56. The lowest BCUT2D eigenvalue weighted by molar-refractivity contribution is -0.245. The summed E-state index contributed by atoms with van der Waals surface area (Å²) in [6, 6.07) is 32.6. The molecule has 2 fully saturated rings. The number of alkyl halides is 3. The van der Waals surface area contributed by atoms with Crippen molar-refractivity contribution in [3.8, 4) is 22.6 Å². The van der Waals surface area contributed by atoms with E-state index in [0.717, 1.165) is 27.9 Å². The smallest absolute Gasteiger partial charge is 0.431 e. The summed E-state index contributed by atoms with van der Waals surface area (Å²) in [7, 11) is 0. The van der Waals surface area contributed by atoms with Crippen LogP contribution in [0.4, 0.5) is 18.9 Å². The number of aliphatic hydroxyl groups is 1. The van der Waals surface area contributed by atoms with Crippen LogP contribution in [0.25, 0.3) is 22.6 Å². The lowest BCUT2D eigenvalue weighted by atomic mass is 10.0. The van der Waals surface area contributed by atoms with Crippen molar-refractivity contribution >= 4 is 29.3 Å². The monoisotopic (exact) mass is 743 g/mol. The maximum absolute atomic E-state index is 13.2. The minimum absolute atomic E-state index is 0.0929. The highest BCUT2D eigenvalue weighted by atomic mass is 32.2. The van der Waals surface area contributed by atoms with Gasteiger partial charge in [0.05, 0.1) is 18.8 Å². The number of anilines is 1. The summed E-state index contributed by atoms with van der Waals surface area (Å²) in [4.78, 5) is 30.6. The Morgan fingerprint density at radius 2 is 1.60 bits per heavy atom. The molecule has 2 aliphatic heterocycles. The van der Waals surface area contributed by atoms with Crippen LogP contribution >= 0.6 is 11.8 Å². The lowest BCUT2D eigenvalue weighted by Gasteiger charge is -2.36. The lowest BCUT2D eigenvalue weighted by Crippen LogP contribution is -2.48. The van der Waals surface area contributed by atoms with Crippen molar-refractivity contribution in [1.82, 2.24) is 9.88 Å². The van der Waals surface area contributed by atoms with E-state index < -0.39 is 36.4 Å². The Kier molecular flexibility index (Phi) is 11.0. The second-order valence-corrected chi connectivity index (χ2v) is 13.8. The van der Waals surface area contributed by atoms with Crippen molar-refractivity contribution < 1.29 is 41.8 Å². The van der Waals surface area contributed by atoms with E-state index in [-0.39, 0.29) is 25.7 Å². The number of carbonyl (C=O) groups is 2. The largest absolute Gasteiger partial charge is 0.471 e. The molecule has 2 aliphatic rings. The molecule has 53 heavy (non-hydrogen) atoms. The van der Waals surface area contributed by atoms with E-state index in [4.69, 9.17) is 18.9 Å². The van der Waals surface area contributed by atoms with Crippen molar-refractivity contribution in [3.05, 3.63) is 126 Å². The normalized spacial score (nSPS) is 20.3. The van der Waals surface area contributed by atoms with Gasteiger partial charge in [-0.3, -0.25) is 9.59 Å². The Morgan fingerprint density at radius 3 is 2.30 bits per heavy atom. The number of amides is 2. The number of oxazole rings is 1. The van der Waals surface area contributed by atoms with E-state index >= 15 is 0 Å². The van der Waals surface area contributed by atoms with Crippen LogP contribution in [0.1, 0.15) is 48.3 Å². The van der Waals surface area contributed by atoms with Crippen LogP contribution in [0, 0.1) is 0 Å². The number of hydrogen-bond donors (Lipinski definition) is 2. The number of benzene rings is 4. The molecular weight excluding hydrogens is 708 g/mol. The number of rotatable bonds is 10. The summed E-state index contributed by atoms with van der Waals surface area (Å²) in [6.45, 7) is -0.237. The Labute approximate surface area is 308 Å². The number of aliphatic hydroxyl groups excluding tert-OH is 1. The molecule has 2 saturated heterocycles. The minimum atomic E-state index is -5.07. The van der Waals surface area contributed by atoms with Gasteiger partial charge in [-0.15, -0.1) is 0 Å². The summed E-state index contributed by atoms with van der Waals surface area (Å²) < 4.78 is 58.9. The van der Waals surface area contributed by atoms with E-state index in [1.165, 1.54) is 11.8 Å². The molecule has 0 aliphatic carbocycles. The van der Waals surface area contributed by atoms with Crippen molar-refractivity contribution in [2.75, 3.05) is 17.6 Å². The number of halogens is 3. The van der Waals surface area contributed by atoms with Gasteiger partial charge in [0.2, 0.25) is 5.91 Å². The van der Waals surface area contributed by atoms with Crippen LogP contribution in [0.5, 0.6) is 0 Å². The zero-order chi connectivity index (χ0) is 37.0. The molecule has 4 aromatic carbocycles. The van der Waals surface area contributed by atoms with Gasteiger partial charge < -0.3 is 29.2 Å². The maximum atomic E-state index is 13.2. The van der Waals surface area contributed by atoms with Crippen molar-refractivity contribution in [2.24, 2.45) is 0 Å². The molecular formula is C40H36F3N3O6S. The molecule has 2 amide bonds. The molecule has 7 rings (SSSR count). The predicted octanol–water partition coefficient (Wildman–Crippen LogP) is 8.33. The molecule has 4 unspecified atom stereocenters. The number of likely N-dealkylation sites (tertiary alicyclic amines) is 1. The third kappa shape index (κ3) is 8.49. The highest BCUT2D eigenvalue weighted by molar-refractivity contribution is 7.99. The highest BCUT2D eigenvalue weighted by Gasteiger charge is 2.47. The first-order chi connectivity index (χ1) is 25.7. The Balaban J connectivity index is 1.11. The first kappa shape index (κ1) is 36.4. The van der Waals surface area contributed by atoms with Gasteiger partial charge in [0.25, 0.3) is 5.22 Å². The average Bonchev–Trinajstić information content (AvgIpc) is 3.86. The quantitative estimate of drug-likeness (QED) is 0.137. The summed E-state index contributed by atoms with van der Waals surface area (Å²) in [5.41, 5.74) is 5.12. The van der Waals surface area contributed by atoms with Crippen LogP contribution in [0.15, 0.2) is 119 Å². The van der Waals surface area contributed by atoms with Crippen LogP contribution < -0.4 is 5.32 Å². The van der Waals surface area contributed by atoms with Gasteiger partial charge >= 0.3 is 12.1 Å². The molecule has 274 valence electrons. The average molecular weight is 744 g/mol. The second kappa shape index (κ2) is 16.0. The molecule has 3 heterocycles. The van der Waals surface area contributed by atoms with Crippen molar-refractivity contribution in [3.63, 3.8) is 0 Å². The molecule has 13 heteroatoms. The van der Waals surface area contributed by atoms with E-state index in [9.17, 15) is 27.9 Å². The molecule has 0 radical (unpaired) electrons. The van der Waals surface area contributed by atoms with Gasteiger partial charge in [-0.1, -0.05) is 109 Å². The highest BCUT2D eigenvalue weighted by Crippen LogP contribution is 2.41. The SMILES string of the molecule is O=C(Nc1cccc(C2OC(CSc3nc(-c4ccccc4)c(-c4ccccc4)o3)CC(c3ccc(CO)cc3)O2)c1)C1CCCN1C(=O)C(F)(F)F. The summed E-state index contributed by atoms with van der Waals surface area (Å²) in [6.07, 6.45) is -5.75. The van der Waals surface area contributed by atoms with Gasteiger partial charge in [-0.25, -0.2) is 4.98 Å². The molecule has 0 bridgehead atoms. The Hall–Kier alpha value is -4.95. The molecule has 5 aromatic rings. The molecule has 2 N–H and O–H groups in total. The standard InChI is InChI=1S/C40H36F3N3O6S/c41-40(42,43)38(49)46-20-8-15-32(46)36(48)44-30-14-7-13-29(21-30)37-50-31(22-33(51-37)26-18-16-25(23-47)17-19-26)24-53-39-45-34(27-9-3-1-4-10-27)35(52-39)28-11-5-2-6-12-28/h1-7,9-14,16-19,21,31-33,37,47H,8,15,20,22-24H2,(H,44,48). The van der Waals surface area contributed by atoms with Crippen LogP contribution in [0.2, 0.25) is 0 Å². The number of nitrogens with one attached hydrogen (secondary N) is 1. The number of thioether (sulfide) groups is 1. The molecule has 0 spiro atoms. The maximum Gasteiger partial charge on any atom is 0.471 e. The fraction of sp³-hybridized carbons (Fsp3) is 0.275. The zero-order valence-corrected chi connectivity index (χ0v) is 29.2. The fourth-order valence-corrected chi connectivity index (χ4v) is 7.40. The third-order valence-corrected chi connectivity index (χ3v) is 10.1. The third-order valence-electron chi connectivity index (χ3n) is 9.18. The van der Waals surface area contributed by atoms with Gasteiger partial charge in [0.1, 0.15) is 11.7 Å². The number of hydrogen-bond acceptors (Lipinski definition) is 8. The van der Waals surface area contributed by atoms with Crippen LogP contribution in [-0.2, 0) is 25.7 Å². The minimum Gasteiger partial charge on any atom is -0.431 e. The van der Waals surface area contributed by atoms with E-state index in [2.05, 4.69) is 5.32 Å². The van der Waals surface area contributed by atoms with Gasteiger partial charge in [-0.05, 0) is 36.1 Å². The van der Waals surface area contributed by atoms with Gasteiger partial charge in [0, 0.05) is 41.1 Å². The summed E-state index contributed by atoms with van der Waals surface area (Å²) in [5, 5.41) is 12.8. The first-order valence-corrected chi connectivity index (χ1v) is 18.2. The number of ether oxygens (including phenoxy) is 2. The predicted molar refractivity (Wildman–Crippen MR) is 192 cm³/mol. The molecule has 0 saturated carbocycles. The van der Waals surface area contributed by atoms with E-state index in [1.807, 2.05) is 84.9 Å². The second-order valence-electron chi connectivity index (χ2n) is 12.8. The molecule has 4 atom stereocenters. The van der Waals surface area contributed by atoms with E-state index in [0.29, 0.717) is 45.7 Å². The van der Waals surface area contributed by atoms with Gasteiger partial charge in [0.15, 0.2) is 12.1 Å². The summed E-state index contributed by atoms with van der Waals surface area (Å²) in [5.74, 6) is -1.59. The number of nitrogens with zero attached hydrogens (tertiary/aromatic N) is 2. The van der Waals surface area contributed by atoms with Crippen LogP contribution in [0.3, 0.4) is 0 Å². The Morgan fingerprint density at radius 1 is 0.887 bits per heavy atom. The Bertz CT molecular complexity index is 1970. The first-order valence-electron chi connectivity index (χ1n) is 17.2. The van der Waals surface area contributed by atoms with E-state index in [1.54, 1.807) is 24.3 Å². The number of carbonyl (C=O) groups excluding carboxylic acids is 2. The molecule has 1 aromatic heterocycles. The van der Waals surface area contributed by atoms with Crippen LogP contribution in [-0.4, -0.2) is 57.4 Å². The summed E-state index contributed by atoms with van der Waals surface area (Å²) >= 11 is 1.42. The zero-order valence-electron chi connectivity index (χ0n) is 28.4.